The second-order valence-corrected chi connectivity index (χ2v) is 6.76. The molecule has 27 heavy (non-hydrogen) atoms. The van der Waals surface area contributed by atoms with Crippen molar-refractivity contribution in [3.63, 3.8) is 0 Å². The minimum Gasteiger partial charge on any atom is -0.355 e. The predicted octanol–water partition coefficient (Wildman–Crippen LogP) is 4.08. The van der Waals surface area contributed by atoms with Crippen LogP contribution in [-0.2, 0) is 0 Å². The number of carbonyl (C=O) groups is 2. The fraction of sp³-hybridized carbons (Fsp3) is 0.227. The van der Waals surface area contributed by atoms with Crippen LogP contribution in [0.15, 0.2) is 71.3 Å². The normalized spacial score (nSPS) is 16.9. The molecule has 1 fully saturated rings. The Kier molecular flexibility index (Phi) is 4.83. The van der Waals surface area contributed by atoms with Crippen LogP contribution in [0.4, 0.5) is 0 Å². The molecule has 1 aliphatic rings. The highest BCUT2D eigenvalue weighted by Crippen LogP contribution is 2.24. The molecular formula is C22H20N2O3. The van der Waals surface area contributed by atoms with E-state index in [2.05, 4.69) is 5.16 Å². The first-order valence-electron chi connectivity index (χ1n) is 9.13. The van der Waals surface area contributed by atoms with Crippen LogP contribution in [0.25, 0.3) is 11.3 Å². The van der Waals surface area contributed by atoms with E-state index in [0.29, 0.717) is 24.4 Å². The summed E-state index contributed by atoms with van der Waals surface area (Å²) in [6, 6.07) is 20.5. The highest BCUT2D eigenvalue weighted by Gasteiger charge is 2.30. The van der Waals surface area contributed by atoms with Gasteiger partial charge in [-0.15, -0.1) is 0 Å². The number of carbonyl (C=O) groups excluding carboxylic acids is 2. The van der Waals surface area contributed by atoms with Crippen molar-refractivity contribution in [3.8, 4) is 11.3 Å². The Balaban J connectivity index is 1.48. The average molecular weight is 360 g/mol. The van der Waals surface area contributed by atoms with E-state index in [1.54, 1.807) is 11.0 Å². The molecule has 1 aromatic heterocycles. The molecule has 0 N–H and O–H groups in total. The van der Waals surface area contributed by atoms with Crippen molar-refractivity contribution in [3.05, 3.63) is 78.0 Å². The number of ketones is 1. The number of likely N-dealkylation sites (tertiary alicyclic amines) is 1. The summed E-state index contributed by atoms with van der Waals surface area (Å²) in [6.07, 6.45) is 1.60. The Morgan fingerprint density at radius 3 is 2.44 bits per heavy atom. The highest BCUT2D eigenvalue weighted by atomic mass is 16.5. The smallest absolute Gasteiger partial charge is 0.276 e. The Bertz CT molecular complexity index is 934. The molecule has 0 saturated carbocycles. The van der Waals surface area contributed by atoms with Crippen molar-refractivity contribution in [1.29, 1.82) is 0 Å². The van der Waals surface area contributed by atoms with Crippen molar-refractivity contribution >= 4 is 11.7 Å². The van der Waals surface area contributed by atoms with Crippen molar-refractivity contribution in [2.75, 3.05) is 13.1 Å². The summed E-state index contributed by atoms with van der Waals surface area (Å²) in [4.78, 5) is 27.3. The third-order valence-corrected chi connectivity index (χ3v) is 4.93. The van der Waals surface area contributed by atoms with Crippen molar-refractivity contribution in [1.82, 2.24) is 10.1 Å². The zero-order chi connectivity index (χ0) is 18.6. The lowest BCUT2D eigenvalue weighted by Gasteiger charge is -2.31. The molecule has 1 saturated heterocycles. The number of piperidine rings is 1. The van der Waals surface area contributed by atoms with Crippen molar-refractivity contribution in [2.45, 2.75) is 12.8 Å². The van der Waals surface area contributed by atoms with Crippen LogP contribution in [0.5, 0.6) is 0 Å². The third kappa shape index (κ3) is 3.67. The number of rotatable bonds is 4. The van der Waals surface area contributed by atoms with Gasteiger partial charge in [-0.25, -0.2) is 0 Å². The van der Waals surface area contributed by atoms with E-state index in [1.807, 2.05) is 60.7 Å². The largest absolute Gasteiger partial charge is 0.355 e. The molecule has 2 heterocycles. The first-order valence-corrected chi connectivity index (χ1v) is 9.13. The summed E-state index contributed by atoms with van der Waals surface area (Å²) in [5, 5.41) is 3.94. The van der Waals surface area contributed by atoms with Gasteiger partial charge in [-0.1, -0.05) is 65.8 Å². The van der Waals surface area contributed by atoms with E-state index >= 15 is 0 Å². The van der Waals surface area contributed by atoms with E-state index in [9.17, 15) is 9.59 Å². The molecular weight excluding hydrogens is 340 g/mol. The van der Waals surface area contributed by atoms with Gasteiger partial charge in [0.1, 0.15) is 0 Å². The lowest BCUT2D eigenvalue weighted by Crippen LogP contribution is -2.42. The lowest BCUT2D eigenvalue weighted by molar-refractivity contribution is 0.0628. The van der Waals surface area contributed by atoms with Crippen molar-refractivity contribution in [2.24, 2.45) is 5.92 Å². The van der Waals surface area contributed by atoms with E-state index < -0.39 is 0 Å². The number of amides is 1. The summed E-state index contributed by atoms with van der Waals surface area (Å²) in [5.41, 5.74) is 1.85. The first kappa shape index (κ1) is 17.2. The Labute approximate surface area is 157 Å². The first-order chi connectivity index (χ1) is 13.2. The standard InChI is InChI=1S/C22H20N2O3/c25-21(17-10-5-2-6-11-17)18-12-7-13-24(15-18)22(26)19-14-20(27-23-19)16-8-3-1-4-9-16/h1-6,8-11,14,18H,7,12-13,15H2/t18-/m1/s1. The number of aromatic nitrogens is 1. The minimum absolute atomic E-state index is 0.0956. The van der Waals surface area contributed by atoms with Gasteiger partial charge in [0, 0.05) is 36.2 Å². The maximum atomic E-state index is 12.8. The topological polar surface area (TPSA) is 63.4 Å². The van der Waals surface area contributed by atoms with Gasteiger partial charge < -0.3 is 9.42 Å². The van der Waals surface area contributed by atoms with Gasteiger partial charge in [-0.3, -0.25) is 9.59 Å². The maximum absolute atomic E-state index is 12.8. The van der Waals surface area contributed by atoms with Gasteiger partial charge in [0.25, 0.3) is 5.91 Å². The van der Waals surface area contributed by atoms with Crippen LogP contribution < -0.4 is 0 Å². The number of hydrogen-bond donors (Lipinski definition) is 0. The minimum atomic E-state index is -0.188. The fourth-order valence-corrected chi connectivity index (χ4v) is 3.49. The van der Waals surface area contributed by atoms with Crippen LogP contribution in [-0.4, -0.2) is 34.8 Å². The molecule has 136 valence electrons. The molecule has 0 unspecified atom stereocenters. The summed E-state index contributed by atoms with van der Waals surface area (Å²) in [7, 11) is 0. The maximum Gasteiger partial charge on any atom is 0.276 e. The van der Waals surface area contributed by atoms with Gasteiger partial charge in [-0.2, -0.15) is 0 Å². The van der Waals surface area contributed by atoms with Gasteiger partial charge >= 0.3 is 0 Å². The molecule has 5 heteroatoms. The molecule has 0 spiro atoms. The predicted molar refractivity (Wildman–Crippen MR) is 101 cm³/mol. The second-order valence-electron chi connectivity index (χ2n) is 6.76. The quantitative estimate of drug-likeness (QED) is 0.658. The number of nitrogens with zero attached hydrogens (tertiary/aromatic N) is 2. The summed E-state index contributed by atoms with van der Waals surface area (Å²) < 4.78 is 5.34. The van der Waals surface area contributed by atoms with Crippen LogP contribution >= 0.6 is 0 Å². The average Bonchev–Trinajstić information content (AvgIpc) is 3.24. The van der Waals surface area contributed by atoms with E-state index in [-0.39, 0.29) is 23.3 Å². The Morgan fingerprint density at radius 2 is 1.70 bits per heavy atom. The van der Waals surface area contributed by atoms with Crippen molar-refractivity contribution < 1.29 is 14.1 Å². The number of Topliss-reactive ketones (excluding diaryl/α,β-unsaturated/α-hetero) is 1. The van der Waals surface area contributed by atoms with Gasteiger partial charge in [0.15, 0.2) is 17.2 Å². The summed E-state index contributed by atoms with van der Waals surface area (Å²) in [5.74, 6) is 0.295. The van der Waals surface area contributed by atoms with Gasteiger partial charge in [0.05, 0.1) is 0 Å². The summed E-state index contributed by atoms with van der Waals surface area (Å²) in [6.45, 7) is 1.05. The zero-order valence-corrected chi connectivity index (χ0v) is 14.9. The lowest BCUT2D eigenvalue weighted by atomic mass is 9.90. The Morgan fingerprint density at radius 1 is 1.00 bits per heavy atom. The van der Waals surface area contributed by atoms with Crippen LogP contribution in [0, 0.1) is 5.92 Å². The monoisotopic (exact) mass is 360 g/mol. The molecule has 2 aromatic carbocycles. The van der Waals surface area contributed by atoms with Gasteiger partial charge in [0.2, 0.25) is 0 Å². The van der Waals surface area contributed by atoms with Crippen LogP contribution in [0.2, 0.25) is 0 Å². The SMILES string of the molecule is O=C(c1ccccc1)[C@@H]1CCCN(C(=O)c2cc(-c3ccccc3)on2)C1. The highest BCUT2D eigenvalue weighted by molar-refractivity contribution is 5.99. The fourth-order valence-electron chi connectivity index (χ4n) is 3.49. The second kappa shape index (κ2) is 7.58. The van der Waals surface area contributed by atoms with E-state index in [1.165, 1.54) is 0 Å². The molecule has 0 aliphatic carbocycles. The third-order valence-electron chi connectivity index (χ3n) is 4.93. The van der Waals surface area contributed by atoms with Crippen LogP contribution in [0.3, 0.4) is 0 Å². The molecule has 1 amide bonds. The van der Waals surface area contributed by atoms with Gasteiger partial charge in [-0.05, 0) is 12.8 Å². The number of benzene rings is 2. The Hall–Kier alpha value is -3.21. The van der Waals surface area contributed by atoms with E-state index in [4.69, 9.17) is 4.52 Å². The molecule has 1 aliphatic heterocycles. The molecule has 0 radical (unpaired) electrons. The molecule has 1 atom stereocenters. The molecule has 5 nitrogen and oxygen atoms in total. The zero-order valence-electron chi connectivity index (χ0n) is 14.9. The molecule has 0 bridgehead atoms. The number of hydrogen-bond acceptors (Lipinski definition) is 4. The van der Waals surface area contributed by atoms with E-state index in [0.717, 1.165) is 18.4 Å². The molecule has 4 rings (SSSR count). The molecule has 3 aromatic rings. The van der Waals surface area contributed by atoms with Crippen LogP contribution in [0.1, 0.15) is 33.7 Å². The summed E-state index contributed by atoms with van der Waals surface area (Å²) >= 11 is 0.